The normalized spacial score (nSPS) is 20.2. The van der Waals surface area contributed by atoms with Gasteiger partial charge in [0.25, 0.3) is 0 Å². The number of ether oxygens (including phenoxy) is 1. The van der Waals surface area contributed by atoms with E-state index in [1.54, 1.807) is 29.1 Å². The SMILES string of the molecule is Cc1ncsc1-c1ccc(CNC(=O)[C@@H]2C[C@@H](O)CN2C(=O)[C@@H](NC(=O)CCNC(=O)[C@]2(Cc3cccc(Nc4nccs4)n3)CC[C@@H](Oc3cccc(Cl)c3F)CC2)C(C)(C)C)cc1. The van der Waals surface area contributed by atoms with Gasteiger partial charge in [-0.25, -0.2) is 19.3 Å². The van der Waals surface area contributed by atoms with E-state index in [4.69, 9.17) is 21.3 Å². The van der Waals surface area contributed by atoms with Gasteiger partial charge < -0.3 is 36.0 Å². The number of rotatable bonds is 16. The molecule has 4 heterocycles. The Balaban J connectivity index is 0.970. The summed E-state index contributed by atoms with van der Waals surface area (Å²) >= 11 is 9.00. The molecule has 2 aromatic carbocycles. The van der Waals surface area contributed by atoms with Gasteiger partial charge >= 0.3 is 0 Å². The Morgan fingerprint density at radius 1 is 1.02 bits per heavy atom. The molecule has 14 nitrogen and oxygen atoms in total. The van der Waals surface area contributed by atoms with Crippen molar-refractivity contribution in [3.05, 3.63) is 106 Å². The maximum Gasteiger partial charge on any atom is 0.246 e. The highest BCUT2D eigenvalue weighted by Crippen LogP contribution is 2.41. The molecule has 5 N–H and O–H groups in total. The molecule has 0 unspecified atom stereocenters. The van der Waals surface area contributed by atoms with Gasteiger partial charge in [0.1, 0.15) is 17.9 Å². The smallest absolute Gasteiger partial charge is 0.246 e. The predicted octanol–water partition coefficient (Wildman–Crippen LogP) is 7.37. The highest BCUT2D eigenvalue weighted by atomic mass is 35.5. The van der Waals surface area contributed by atoms with Gasteiger partial charge in [0.05, 0.1) is 38.7 Å². The third-order valence-electron chi connectivity index (χ3n) is 11.9. The lowest BCUT2D eigenvalue weighted by Crippen LogP contribution is -2.58. The van der Waals surface area contributed by atoms with E-state index in [1.165, 1.54) is 28.4 Å². The molecular weight excluding hydrogens is 891 g/mol. The Kier molecular flexibility index (Phi) is 15.2. The molecule has 0 bridgehead atoms. The van der Waals surface area contributed by atoms with Crippen LogP contribution in [0.15, 0.2) is 77.8 Å². The van der Waals surface area contributed by atoms with Crippen LogP contribution in [-0.2, 0) is 32.1 Å². The third-order valence-corrected chi connectivity index (χ3v) is 13.9. The first kappa shape index (κ1) is 47.5. The maximum atomic E-state index is 14.7. The number of hydrogen-bond donors (Lipinski definition) is 5. The van der Waals surface area contributed by atoms with Crippen LogP contribution in [0.25, 0.3) is 10.4 Å². The van der Waals surface area contributed by atoms with Gasteiger partial charge in [-0.2, -0.15) is 0 Å². The number of pyridine rings is 1. The number of hydrogen-bond acceptors (Lipinski definition) is 12. The second kappa shape index (κ2) is 20.8. The predicted molar refractivity (Wildman–Crippen MR) is 249 cm³/mol. The van der Waals surface area contributed by atoms with Crippen LogP contribution in [0.5, 0.6) is 5.75 Å². The summed E-state index contributed by atoms with van der Waals surface area (Å²) in [6, 6.07) is 16.0. The number of likely N-dealkylation sites (tertiary alicyclic amines) is 1. The van der Waals surface area contributed by atoms with E-state index in [9.17, 15) is 28.7 Å². The number of halogens is 2. The van der Waals surface area contributed by atoms with Crippen LogP contribution in [-0.4, -0.2) is 86.0 Å². The summed E-state index contributed by atoms with van der Waals surface area (Å²) in [5.41, 5.74) is 3.66. The van der Waals surface area contributed by atoms with Gasteiger partial charge in [0.2, 0.25) is 23.6 Å². The number of aromatic nitrogens is 3. The molecule has 1 aliphatic carbocycles. The third kappa shape index (κ3) is 11.9. The topological polar surface area (TPSA) is 188 Å². The summed E-state index contributed by atoms with van der Waals surface area (Å²) in [6.45, 7) is 7.57. The molecule has 4 amide bonds. The highest BCUT2D eigenvalue weighted by Gasteiger charge is 2.45. The van der Waals surface area contributed by atoms with Crippen molar-refractivity contribution in [2.75, 3.05) is 18.4 Å². The van der Waals surface area contributed by atoms with Crippen molar-refractivity contribution < 1.29 is 33.4 Å². The van der Waals surface area contributed by atoms with Crippen molar-refractivity contribution in [3.8, 4) is 16.2 Å². The number of amides is 4. The van der Waals surface area contributed by atoms with E-state index in [-0.39, 0.29) is 55.3 Å². The molecular formula is C47H54ClFN8O6S2. The Hall–Kier alpha value is -5.49. The van der Waals surface area contributed by atoms with Crippen molar-refractivity contribution in [1.82, 2.24) is 35.8 Å². The first-order valence-electron chi connectivity index (χ1n) is 21.6. The van der Waals surface area contributed by atoms with Crippen LogP contribution in [0.2, 0.25) is 5.02 Å². The van der Waals surface area contributed by atoms with Gasteiger partial charge in [-0.15, -0.1) is 22.7 Å². The lowest BCUT2D eigenvalue weighted by atomic mass is 9.69. The fraction of sp³-hybridized carbons (Fsp3) is 0.426. The van der Waals surface area contributed by atoms with E-state index >= 15 is 0 Å². The Labute approximate surface area is 390 Å². The standard InChI is InChI=1S/C47H54ClFN8O6S2/c1-28-40(65-27-53-28)30-13-11-29(12-14-30)25-52-42(60)35-23-32(58)26-57(35)43(61)41(46(2,3)4)56-38(59)17-20-50-44(62)47(24-31-7-5-10-37(54-31)55-45-51-21-22-64-45)18-15-33(16-19-47)63-36-9-6-8-34(48)39(36)49/h5-14,21-22,27,32-33,35,41,58H,15-20,23-26H2,1-4H3,(H,50,62)(H,52,60)(H,56,59)(H,51,54,55)/t32-,33-,35+,41-,47-/m1/s1. The largest absolute Gasteiger partial charge is 0.487 e. The number of carbonyl (C=O) groups is 4. The lowest BCUT2D eigenvalue weighted by molar-refractivity contribution is -0.144. The summed E-state index contributed by atoms with van der Waals surface area (Å²) in [5.74, 6) is -1.60. The van der Waals surface area contributed by atoms with E-state index in [1.807, 2.05) is 75.5 Å². The van der Waals surface area contributed by atoms with Crippen molar-refractivity contribution in [3.63, 3.8) is 0 Å². The Morgan fingerprint density at radius 2 is 1.77 bits per heavy atom. The van der Waals surface area contributed by atoms with Gasteiger partial charge in [0.15, 0.2) is 16.7 Å². The summed E-state index contributed by atoms with van der Waals surface area (Å²) in [4.78, 5) is 71.5. The number of thiazole rings is 2. The molecule has 18 heteroatoms. The van der Waals surface area contributed by atoms with Gasteiger partial charge in [0, 0.05) is 56.2 Å². The van der Waals surface area contributed by atoms with Crippen molar-refractivity contribution >= 4 is 68.9 Å². The van der Waals surface area contributed by atoms with Gasteiger partial charge in [-0.05, 0) is 73.4 Å². The van der Waals surface area contributed by atoms with Gasteiger partial charge in [-0.3, -0.25) is 19.2 Å². The fourth-order valence-electron chi connectivity index (χ4n) is 8.38. The van der Waals surface area contributed by atoms with E-state index in [2.05, 4.69) is 31.2 Å². The molecule has 1 saturated carbocycles. The number of β-amino-alcohol motifs (C(OH)–C–C–N with tert-alkyl or cyclic N) is 1. The second-order valence-corrected chi connectivity index (χ2v) is 19.9. The Morgan fingerprint density at radius 3 is 2.46 bits per heavy atom. The number of nitrogens with zero attached hydrogens (tertiary/aromatic N) is 4. The minimum absolute atomic E-state index is 0.0115. The van der Waals surface area contributed by atoms with Crippen molar-refractivity contribution in [2.24, 2.45) is 10.8 Å². The zero-order chi connectivity index (χ0) is 46.3. The molecule has 1 saturated heterocycles. The molecule has 2 aliphatic rings. The highest BCUT2D eigenvalue weighted by molar-refractivity contribution is 7.13. The van der Waals surface area contributed by atoms with Crippen LogP contribution in [0.1, 0.15) is 76.2 Å². The van der Waals surface area contributed by atoms with Crippen LogP contribution in [0.4, 0.5) is 15.3 Å². The maximum absolute atomic E-state index is 14.7. The van der Waals surface area contributed by atoms with E-state index < -0.39 is 52.6 Å². The van der Waals surface area contributed by atoms with Gasteiger partial charge in [-0.1, -0.05) is 68.8 Å². The second-order valence-electron chi connectivity index (χ2n) is 17.8. The zero-order valence-corrected chi connectivity index (χ0v) is 39.1. The number of aliphatic hydroxyl groups excluding tert-OH is 1. The molecule has 1 aliphatic heterocycles. The summed E-state index contributed by atoms with van der Waals surface area (Å²) in [6.07, 6.45) is 2.38. The van der Waals surface area contributed by atoms with Crippen LogP contribution < -0.4 is 26.0 Å². The zero-order valence-electron chi connectivity index (χ0n) is 36.7. The molecule has 2 fully saturated rings. The van der Waals surface area contributed by atoms with Crippen LogP contribution in [0.3, 0.4) is 0 Å². The van der Waals surface area contributed by atoms with Crippen LogP contribution in [0, 0.1) is 23.6 Å². The molecule has 0 spiro atoms. The molecule has 65 heavy (non-hydrogen) atoms. The van der Waals surface area contributed by atoms with Crippen molar-refractivity contribution in [2.45, 2.75) is 103 Å². The summed E-state index contributed by atoms with van der Waals surface area (Å²) < 4.78 is 20.8. The molecule has 344 valence electrons. The number of aryl methyl sites for hydroxylation is 1. The minimum Gasteiger partial charge on any atom is -0.487 e. The number of anilines is 2. The number of nitrogens with one attached hydrogen (secondary N) is 4. The number of benzene rings is 2. The first-order chi connectivity index (χ1) is 31.1. The fourth-order valence-corrected chi connectivity index (χ4v) is 9.89. The molecule has 0 radical (unpaired) electrons. The molecule has 5 aromatic rings. The Bertz CT molecular complexity index is 2460. The van der Waals surface area contributed by atoms with Crippen molar-refractivity contribution in [1.29, 1.82) is 0 Å². The quantitative estimate of drug-likeness (QED) is 0.0669. The van der Waals surface area contributed by atoms with E-state index in [0.29, 0.717) is 48.7 Å². The average molecular weight is 946 g/mol. The summed E-state index contributed by atoms with van der Waals surface area (Å²) in [5, 5.41) is 25.2. The molecule has 7 rings (SSSR count). The van der Waals surface area contributed by atoms with E-state index in [0.717, 1.165) is 21.7 Å². The lowest BCUT2D eigenvalue weighted by Gasteiger charge is -2.39. The minimum atomic E-state index is -1.03. The number of aliphatic hydroxyl groups is 1. The number of carbonyl (C=O) groups excluding carboxylic acids is 4. The summed E-state index contributed by atoms with van der Waals surface area (Å²) in [7, 11) is 0. The monoisotopic (exact) mass is 944 g/mol. The first-order valence-corrected chi connectivity index (χ1v) is 23.8. The average Bonchev–Trinajstić information content (AvgIpc) is 4.06. The molecule has 3 atom stereocenters. The van der Waals surface area contributed by atoms with Crippen LogP contribution >= 0.6 is 34.3 Å². The molecule has 3 aromatic heterocycles.